The van der Waals surface area contributed by atoms with Gasteiger partial charge in [-0.25, -0.2) is 0 Å². The van der Waals surface area contributed by atoms with Gasteiger partial charge in [0.15, 0.2) is 0 Å². The number of hydrogen-bond acceptors (Lipinski definition) is 3. The van der Waals surface area contributed by atoms with E-state index in [1.807, 2.05) is 0 Å². The molecule has 0 fully saturated rings. The third kappa shape index (κ3) is 10.1. The molecule has 0 saturated heterocycles. The molecule has 0 heterocycles. The highest BCUT2D eigenvalue weighted by Gasteiger charge is 2.07. The fourth-order valence-electron chi connectivity index (χ4n) is 1.22. The number of amides is 1. The number of rotatable bonds is 8. The third-order valence-corrected chi connectivity index (χ3v) is 3.07. The Balaban J connectivity index is 3.49. The van der Waals surface area contributed by atoms with E-state index in [0.29, 0.717) is 24.3 Å². The second kappa shape index (κ2) is 9.04. The lowest BCUT2D eigenvalue weighted by molar-refractivity contribution is -0.119. The Kier molecular flexibility index (Phi) is 8.91. The summed E-state index contributed by atoms with van der Waals surface area (Å²) >= 11 is 1.59. The van der Waals surface area contributed by atoms with Crippen molar-refractivity contribution in [2.45, 2.75) is 39.7 Å². The van der Waals surface area contributed by atoms with Gasteiger partial charge in [0, 0.05) is 18.3 Å². The maximum absolute atomic E-state index is 11.4. The Morgan fingerprint density at radius 2 is 2.00 bits per heavy atom. The van der Waals surface area contributed by atoms with Crippen molar-refractivity contribution < 1.29 is 4.79 Å². The van der Waals surface area contributed by atoms with Gasteiger partial charge in [-0.3, -0.25) is 4.79 Å². The van der Waals surface area contributed by atoms with Crippen molar-refractivity contribution in [3.05, 3.63) is 0 Å². The van der Waals surface area contributed by atoms with Gasteiger partial charge in [-0.2, -0.15) is 11.8 Å². The summed E-state index contributed by atoms with van der Waals surface area (Å²) in [4.78, 5) is 11.4. The van der Waals surface area contributed by atoms with Crippen LogP contribution >= 0.6 is 11.8 Å². The Bertz CT molecular complexity index is 174. The molecule has 0 aliphatic carbocycles. The van der Waals surface area contributed by atoms with Gasteiger partial charge in [-0.15, -0.1) is 0 Å². The minimum atomic E-state index is 0.129. The van der Waals surface area contributed by atoms with Gasteiger partial charge in [-0.05, 0) is 25.7 Å². The van der Waals surface area contributed by atoms with Crippen molar-refractivity contribution in [3.8, 4) is 0 Å². The largest absolute Gasteiger partial charge is 0.353 e. The molecule has 3 nitrogen and oxygen atoms in total. The zero-order chi connectivity index (χ0) is 11.7. The van der Waals surface area contributed by atoms with Gasteiger partial charge in [0.25, 0.3) is 0 Å². The van der Waals surface area contributed by atoms with Crippen LogP contribution < -0.4 is 11.1 Å². The summed E-state index contributed by atoms with van der Waals surface area (Å²) in [5.74, 6) is 2.22. The SMILES string of the molecule is CC(C)CCC(C)NC(=O)CSCCN. The second-order valence-electron chi connectivity index (χ2n) is 4.28. The lowest BCUT2D eigenvalue weighted by Gasteiger charge is -2.14. The van der Waals surface area contributed by atoms with E-state index in [2.05, 4.69) is 26.1 Å². The lowest BCUT2D eigenvalue weighted by Crippen LogP contribution is -2.34. The first-order chi connectivity index (χ1) is 7.06. The number of carbonyl (C=O) groups is 1. The normalized spacial score (nSPS) is 12.9. The van der Waals surface area contributed by atoms with Crippen LogP contribution in [0, 0.1) is 5.92 Å². The highest BCUT2D eigenvalue weighted by atomic mass is 32.2. The molecule has 0 aliphatic rings. The molecule has 90 valence electrons. The monoisotopic (exact) mass is 232 g/mol. The predicted molar refractivity (Wildman–Crippen MR) is 68.1 cm³/mol. The van der Waals surface area contributed by atoms with E-state index < -0.39 is 0 Å². The predicted octanol–water partition coefficient (Wildman–Crippen LogP) is 1.62. The first kappa shape index (κ1) is 14.8. The molecule has 1 unspecified atom stereocenters. The summed E-state index contributed by atoms with van der Waals surface area (Å²) in [7, 11) is 0. The Labute approximate surface area is 97.6 Å². The van der Waals surface area contributed by atoms with E-state index in [1.165, 1.54) is 0 Å². The Hall–Kier alpha value is -0.220. The number of hydrogen-bond donors (Lipinski definition) is 2. The van der Waals surface area contributed by atoms with E-state index in [4.69, 9.17) is 5.73 Å². The molecule has 0 aromatic rings. The fourth-order valence-corrected chi connectivity index (χ4v) is 1.80. The van der Waals surface area contributed by atoms with E-state index >= 15 is 0 Å². The summed E-state index contributed by atoms with van der Waals surface area (Å²) in [6.07, 6.45) is 2.22. The topological polar surface area (TPSA) is 55.1 Å². The molecule has 0 rings (SSSR count). The van der Waals surface area contributed by atoms with E-state index in [-0.39, 0.29) is 5.91 Å². The van der Waals surface area contributed by atoms with Crippen LogP contribution in [0.3, 0.4) is 0 Å². The van der Waals surface area contributed by atoms with Crippen LogP contribution in [0.5, 0.6) is 0 Å². The van der Waals surface area contributed by atoms with Crippen molar-refractivity contribution in [3.63, 3.8) is 0 Å². The van der Waals surface area contributed by atoms with Crippen LogP contribution in [0.25, 0.3) is 0 Å². The zero-order valence-electron chi connectivity index (χ0n) is 10.1. The van der Waals surface area contributed by atoms with Crippen LogP contribution in [0.15, 0.2) is 0 Å². The molecule has 0 aromatic carbocycles. The van der Waals surface area contributed by atoms with Crippen LogP contribution in [-0.2, 0) is 4.79 Å². The Morgan fingerprint density at radius 1 is 1.33 bits per heavy atom. The summed E-state index contributed by atoms with van der Waals surface area (Å²) in [6.45, 7) is 7.10. The van der Waals surface area contributed by atoms with Crippen LogP contribution in [-0.4, -0.2) is 30.0 Å². The molecule has 0 aromatic heterocycles. The Morgan fingerprint density at radius 3 is 2.53 bits per heavy atom. The number of nitrogens with two attached hydrogens (primary N) is 1. The number of thioether (sulfide) groups is 1. The van der Waals surface area contributed by atoms with Crippen molar-refractivity contribution >= 4 is 17.7 Å². The van der Waals surface area contributed by atoms with Crippen molar-refractivity contribution in [2.75, 3.05) is 18.1 Å². The van der Waals surface area contributed by atoms with Crippen LogP contribution in [0.4, 0.5) is 0 Å². The van der Waals surface area contributed by atoms with Crippen LogP contribution in [0.1, 0.15) is 33.6 Å². The zero-order valence-corrected chi connectivity index (χ0v) is 10.9. The van der Waals surface area contributed by atoms with Gasteiger partial charge < -0.3 is 11.1 Å². The van der Waals surface area contributed by atoms with Crippen molar-refractivity contribution in [1.29, 1.82) is 0 Å². The van der Waals surface area contributed by atoms with E-state index in [9.17, 15) is 4.79 Å². The molecule has 1 atom stereocenters. The summed E-state index contributed by atoms with van der Waals surface area (Å²) in [5, 5.41) is 2.99. The maximum Gasteiger partial charge on any atom is 0.230 e. The summed E-state index contributed by atoms with van der Waals surface area (Å²) < 4.78 is 0. The van der Waals surface area contributed by atoms with E-state index in [1.54, 1.807) is 11.8 Å². The highest BCUT2D eigenvalue weighted by Crippen LogP contribution is 2.06. The highest BCUT2D eigenvalue weighted by molar-refractivity contribution is 7.99. The van der Waals surface area contributed by atoms with Crippen molar-refractivity contribution in [1.82, 2.24) is 5.32 Å². The van der Waals surface area contributed by atoms with Gasteiger partial charge >= 0.3 is 0 Å². The molecule has 0 bridgehead atoms. The molecule has 0 radical (unpaired) electrons. The van der Waals surface area contributed by atoms with Crippen LogP contribution in [0.2, 0.25) is 0 Å². The lowest BCUT2D eigenvalue weighted by atomic mass is 10.0. The average molecular weight is 232 g/mol. The van der Waals surface area contributed by atoms with Gasteiger partial charge in [0.1, 0.15) is 0 Å². The summed E-state index contributed by atoms with van der Waals surface area (Å²) in [5.41, 5.74) is 5.34. The minimum Gasteiger partial charge on any atom is -0.353 e. The average Bonchev–Trinajstić information content (AvgIpc) is 2.15. The smallest absolute Gasteiger partial charge is 0.230 e. The number of nitrogens with one attached hydrogen (secondary N) is 1. The first-order valence-corrected chi connectivity index (χ1v) is 6.79. The summed E-state index contributed by atoms with van der Waals surface area (Å²) in [6, 6.07) is 0.290. The molecular formula is C11H24N2OS. The van der Waals surface area contributed by atoms with E-state index in [0.717, 1.165) is 18.6 Å². The molecule has 0 saturated carbocycles. The van der Waals surface area contributed by atoms with Crippen molar-refractivity contribution in [2.24, 2.45) is 11.7 Å². The first-order valence-electron chi connectivity index (χ1n) is 5.63. The molecule has 1 amide bonds. The molecule has 4 heteroatoms. The molecule has 0 aliphatic heterocycles. The molecular weight excluding hydrogens is 208 g/mol. The standard InChI is InChI=1S/C11H24N2OS/c1-9(2)4-5-10(3)13-11(14)8-15-7-6-12/h9-10H,4-8,12H2,1-3H3,(H,13,14). The molecule has 3 N–H and O–H groups in total. The fraction of sp³-hybridized carbons (Fsp3) is 0.909. The maximum atomic E-state index is 11.4. The van der Waals surface area contributed by atoms with Gasteiger partial charge in [0.2, 0.25) is 5.91 Å². The third-order valence-electron chi connectivity index (χ3n) is 2.08. The molecule has 0 spiro atoms. The molecule has 15 heavy (non-hydrogen) atoms. The minimum absolute atomic E-state index is 0.129. The van der Waals surface area contributed by atoms with Gasteiger partial charge in [0.05, 0.1) is 5.75 Å². The van der Waals surface area contributed by atoms with Gasteiger partial charge in [-0.1, -0.05) is 13.8 Å². The quantitative estimate of drug-likeness (QED) is 0.625. The number of carbonyl (C=O) groups excluding carboxylic acids is 1. The second-order valence-corrected chi connectivity index (χ2v) is 5.39.